The molecule has 6 aromatic rings. The minimum atomic E-state index is -0.0118. The van der Waals surface area contributed by atoms with Gasteiger partial charge in [-0.3, -0.25) is 4.79 Å². The van der Waals surface area contributed by atoms with Crippen molar-refractivity contribution in [3.63, 3.8) is 0 Å². The Kier molecular flexibility index (Phi) is 5.68. The third-order valence-electron chi connectivity index (χ3n) is 6.08. The Morgan fingerprint density at radius 1 is 0.857 bits per heavy atom. The van der Waals surface area contributed by atoms with Crippen LogP contribution in [0.15, 0.2) is 84.2 Å². The van der Waals surface area contributed by atoms with Gasteiger partial charge in [0.25, 0.3) is 0 Å². The second-order valence-electron chi connectivity index (χ2n) is 8.48. The van der Waals surface area contributed by atoms with Crippen LogP contribution in [0.3, 0.4) is 0 Å². The first kappa shape index (κ1) is 21.4. The van der Waals surface area contributed by atoms with E-state index in [1.165, 1.54) is 5.56 Å². The minimum Gasteiger partial charge on any atom is -0.350 e. The minimum absolute atomic E-state index is 0.0118. The number of benzene rings is 3. The average Bonchev–Trinajstić information content (AvgIpc) is 3.47. The highest BCUT2D eigenvalue weighted by atomic mass is 32.1. The third kappa shape index (κ3) is 4.38. The van der Waals surface area contributed by atoms with Crippen LogP contribution in [0.1, 0.15) is 22.7 Å². The van der Waals surface area contributed by atoms with Crippen LogP contribution in [-0.4, -0.2) is 25.4 Å². The van der Waals surface area contributed by atoms with Crippen molar-refractivity contribution in [1.29, 1.82) is 0 Å². The van der Waals surface area contributed by atoms with Crippen LogP contribution >= 0.6 is 11.3 Å². The molecule has 35 heavy (non-hydrogen) atoms. The molecule has 3 heterocycles. The molecule has 0 bridgehead atoms. The van der Waals surface area contributed by atoms with Crippen LogP contribution in [0.25, 0.3) is 33.1 Å². The summed E-state index contributed by atoms with van der Waals surface area (Å²) in [6.45, 7) is 0.959. The van der Waals surface area contributed by atoms with Gasteiger partial charge in [0.05, 0.1) is 33.8 Å². The lowest BCUT2D eigenvalue weighted by Crippen LogP contribution is -2.24. The lowest BCUT2D eigenvalue weighted by atomic mass is 10.2. The molecule has 0 aliphatic carbocycles. The summed E-state index contributed by atoms with van der Waals surface area (Å²) in [6.07, 6.45) is 1.16. The Hall–Kier alpha value is -4.10. The van der Waals surface area contributed by atoms with E-state index >= 15 is 0 Å². The molecule has 0 aliphatic rings. The molecule has 0 radical (unpaired) electrons. The molecule has 7 heteroatoms. The first-order valence-corrected chi connectivity index (χ1v) is 12.5. The predicted octanol–water partition coefficient (Wildman–Crippen LogP) is 5.49. The highest BCUT2D eigenvalue weighted by Gasteiger charge is 2.15. The van der Waals surface area contributed by atoms with E-state index in [9.17, 15) is 4.79 Å². The summed E-state index contributed by atoms with van der Waals surface area (Å²) in [6, 6.07) is 26.3. The van der Waals surface area contributed by atoms with Crippen molar-refractivity contribution in [3.05, 3.63) is 101 Å². The van der Waals surface area contributed by atoms with Gasteiger partial charge in [0, 0.05) is 30.2 Å². The SMILES string of the molecule is O=C(CCn1c2ccccc2c2nc3ccccc3nc21)NCc1csc(Cc2ccccc2)n1. The second-order valence-corrected chi connectivity index (χ2v) is 9.42. The summed E-state index contributed by atoms with van der Waals surface area (Å²) in [5, 5.41) is 7.14. The monoisotopic (exact) mass is 477 g/mol. The van der Waals surface area contributed by atoms with Crippen molar-refractivity contribution >= 4 is 50.3 Å². The molecule has 0 spiro atoms. The summed E-state index contributed by atoms with van der Waals surface area (Å²) >= 11 is 1.63. The van der Waals surface area contributed by atoms with Crippen molar-refractivity contribution in [2.24, 2.45) is 0 Å². The molecule has 0 saturated carbocycles. The summed E-state index contributed by atoms with van der Waals surface area (Å²) in [7, 11) is 0. The van der Waals surface area contributed by atoms with Gasteiger partial charge in [-0.15, -0.1) is 11.3 Å². The molecule has 172 valence electrons. The van der Waals surface area contributed by atoms with Gasteiger partial charge in [0.15, 0.2) is 5.65 Å². The second kappa shape index (κ2) is 9.27. The fourth-order valence-corrected chi connectivity index (χ4v) is 5.21. The Labute approximate surface area is 206 Å². The van der Waals surface area contributed by atoms with Gasteiger partial charge in [-0.05, 0) is 23.8 Å². The van der Waals surface area contributed by atoms with Crippen LogP contribution in [-0.2, 0) is 24.3 Å². The van der Waals surface area contributed by atoms with Crippen LogP contribution in [0.5, 0.6) is 0 Å². The van der Waals surface area contributed by atoms with E-state index < -0.39 is 0 Å². The number of carbonyl (C=O) groups excluding carboxylic acids is 1. The lowest BCUT2D eigenvalue weighted by molar-refractivity contribution is -0.121. The van der Waals surface area contributed by atoms with Crippen LogP contribution in [0, 0.1) is 0 Å². The van der Waals surface area contributed by atoms with E-state index in [-0.39, 0.29) is 5.91 Å². The van der Waals surface area contributed by atoms with E-state index in [2.05, 4.69) is 39.1 Å². The summed E-state index contributed by atoms with van der Waals surface area (Å²) in [5.74, 6) is -0.0118. The molecule has 0 fully saturated rings. The quantitative estimate of drug-likeness (QED) is 0.330. The zero-order valence-electron chi connectivity index (χ0n) is 19.0. The van der Waals surface area contributed by atoms with Crippen molar-refractivity contribution in [2.45, 2.75) is 25.9 Å². The normalized spacial score (nSPS) is 11.4. The Morgan fingerprint density at radius 3 is 2.46 bits per heavy atom. The largest absolute Gasteiger partial charge is 0.350 e. The Bertz CT molecular complexity index is 1650. The molecule has 1 amide bonds. The van der Waals surface area contributed by atoms with Gasteiger partial charge < -0.3 is 9.88 Å². The third-order valence-corrected chi connectivity index (χ3v) is 6.98. The number of rotatable bonds is 7. The maximum Gasteiger partial charge on any atom is 0.222 e. The van der Waals surface area contributed by atoms with Gasteiger partial charge in [-0.2, -0.15) is 0 Å². The lowest BCUT2D eigenvalue weighted by Gasteiger charge is -2.08. The van der Waals surface area contributed by atoms with E-state index in [0.717, 1.165) is 50.2 Å². The zero-order chi connectivity index (χ0) is 23.6. The highest BCUT2D eigenvalue weighted by Crippen LogP contribution is 2.28. The molecule has 6 nitrogen and oxygen atoms in total. The molecule has 3 aromatic heterocycles. The number of nitrogens with zero attached hydrogens (tertiary/aromatic N) is 4. The maximum atomic E-state index is 12.7. The number of aromatic nitrogens is 4. The van der Waals surface area contributed by atoms with Gasteiger partial charge in [-0.25, -0.2) is 15.0 Å². The number of carbonyl (C=O) groups is 1. The highest BCUT2D eigenvalue weighted by molar-refractivity contribution is 7.09. The van der Waals surface area contributed by atoms with E-state index in [0.29, 0.717) is 19.5 Å². The molecule has 1 N–H and O–H groups in total. The van der Waals surface area contributed by atoms with E-state index in [4.69, 9.17) is 9.97 Å². The molecule has 0 atom stereocenters. The molecular weight excluding hydrogens is 454 g/mol. The zero-order valence-corrected chi connectivity index (χ0v) is 19.8. The van der Waals surface area contributed by atoms with Gasteiger partial charge in [-0.1, -0.05) is 60.7 Å². The molecule has 0 aliphatic heterocycles. The topological polar surface area (TPSA) is 72.7 Å². The Balaban J connectivity index is 1.16. The Morgan fingerprint density at radius 2 is 1.60 bits per heavy atom. The van der Waals surface area contributed by atoms with E-state index in [1.54, 1.807) is 11.3 Å². The fraction of sp³-hybridized carbons (Fsp3) is 0.143. The van der Waals surface area contributed by atoms with Crippen molar-refractivity contribution in [2.75, 3.05) is 0 Å². The van der Waals surface area contributed by atoms with Crippen molar-refractivity contribution in [3.8, 4) is 0 Å². The smallest absolute Gasteiger partial charge is 0.222 e. The number of para-hydroxylation sites is 3. The van der Waals surface area contributed by atoms with Gasteiger partial charge in [0.2, 0.25) is 5.91 Å². The summed E-state index contributed by atoms with van der Waals surface area (Å²) in [5.41, 5.74) is 6.56. The number of amides is 1. The molecule has 0 unspecified atom stereocenters. The number of fused-ring (bicyclic) bond motifs is 4. The fourth-order valence-electron chi connectivity index (χ4n) is 4.38. The predicted molar refractivity (Wildman–Crippen MR) is 140 cm³/mol. The molecule has 0 saturated heterocycles. The maximum absolute atomic E-state index is 12.7. The number of hydrogen-bond acceptors (Lipinski definition) is 5. The van der Waals surface area contributed by atoms with Crippen molar-refractivity contribution in [1.82, 2.24) is 24.8 Å². The van der Waals surface area contributed by atoms with Gasteiger partial charge >= 0.3 is 0 Å². The number of thiazole rings is 1. The summed E-state index contributed by atoms with van der Waals surface area (Å²) in [4.78, 5) is 27.1. The first-order valence-electron chi connectivity index (χ1n) is 11.6. The standard InChI is InChI=1S/C28H23N5OS/c34-25(29-17-20-18-35-26(30-20)16-19-8-2-1-3-9-19)14-15-33-24-13-7-4-10-21(24)27-28(33)32-23-12-6-5-11-22(23)31-27/h1-13,18H,14-17H2,(H,29,34). The molecular formula is C28H23N5OS. The van der Waals surface area contributed by atoms with Crippen LogP contribution < -0.4 is 5.32 Å². The number of nitrogens with one attached hydrogen (secondary N) is 1. The summed E-state index contributed by atoms with van der Waals surface area (Å²) < 4.78 is 2.10. The number of aryl methyl sites for hydroxylation is 1. The van der Waals surface area contributed by atoms with E-state index in [1.807, 2.05) is 60.0 Å². The van der Waals surface area contributed by atoms with Crippen LogP contribution in [0.4, 0.5) is 0 Å². The molecule has 3 aromatic carbocycles. The van der Waals surface area contributed by atoms with Crippen molar-refractivity contribution < 1.29 is 4.79 Å². The molecule has 6 rings (SSSR count). The average molecular weight is 478 g/mol. The van der Waals surface area contributed by atoms with Crippen LogP contribution in [0.2, 0.25) is 0 Å². The number of hydrogen-bond donors (Lipinski definition) is 1. The van der Waals surface area contributed by atoms with Gasteiger partial charge in [0.1, 0.15) is 5.52 Å². The first-order chi connectivity index (χ1) is 17.2.